The number of fused-ring (bicyclic) bond motifs is 16. The maximum Gasteiger partial charge on any atom is 0.0725 e. The van der Waals surface area contributed by atoms with Gasteiger partial charge in [0.2, 0.25) is 0 Å². The van der Waals surface area contributed by atoms with Gasteiger partial charge in [0.1, 0.15) is 0 Å². The molecule has 0 saturated heterocycles. The Morgan fingerprint density at radius 1 is 0.225 bits per heavy atom. The van der Waals surface area contributed by atoms with Gasteiger partial charge in [-0.15, -0.1) is 0 Å². The van der Waals surface area contributed by atoms with Crippen LogP contribution < -0.4 is 9.80 Å². The molecule has 428 valence electrons. The summed E-state index contributed by atoms with van der Waals surface area (Å²) < 4.78 is 0. The van der Waals surface area contributed by atoms with Crippen molar-refractivity contribution in [2.24, 2.45) is 0 Å². The molecule has 0 aliphatic heterocycles. The first kappa shape index (κ1) is 54.1. The lowest BCUT2D eigenvalue weighted by Crippen LogP contribution is -2.26. The van der Waals surface area contributed by atoms with E-state index in [-0.39, 0.29) is 10.8 Å². The summed E-state index contributed by atoms with van der Waals surface area (Å²) in [5.41, 5.74) is 37.0. The van der Waals surface area contributed by atoms with Gasteiger partial charge in [-0.3, -0.25) is 0 Å². The van der Waals surface area contributed by atoms with E-state index in [0.29, 0.717) is 0 Å². The summed E-state index contributed by atoms with van der Waals surface area (Å²) in [5.74, 6) is 0. The predicted octanol–water partition coefficient (Wildman–Crippen LogP) is 23.2. The van der Waals surface area contributed by atoms with Crippen LogP contribution in [0, 0.1) is 27.7 Å². The molecule has 1 spiro atoms. The van der Waals surface area contributed by atoms with Crippen molar-refractivity contribution in [2.45, 2.75) is 71.6 Å². The molecule has 0 amide bonds. The van der Waals surface area contributed by atoms with Crippen molar-refractivity contribution in [3.05, 3.63) is 344 Å². The summed E-state index contributed by atoms with van der Waals surface area (Å²) in [6, 6.07) is 96.5. The molecule has 0 heterocycles. The fourth-order valence-corrected chi connectivity index (χ4v) is 15.4. The Kier molecular flexibility index (Phi) is 12.4. The molecule has 0 radical (unpaired) electrons. The maximum absolute atomic E-state index is 2.48. The molecule has 16 rings (SSSR count). The number of nitrogens with zero attached hydrogens (tertiary/aromatic N) is 2. The molecule has 0 fully saturated rings. The number of aryl methyl sites for hydroxylation is 4. The molecule has 4 aliphatic rings. The quantitative estimate of drug-likeness (QED) is 0.126. The van der Waals surface area contributed by atoms with Gasteiger partial charge in [0.25, 0.3) is 0 Å². The molecule has 0 unspecified atom stereocenters. The van der Waals surface area contributed by atoms with E-state index in [1.165, 1.54) is 134 Å². The van der Waals surface area contributed by atoms with Crippen LogP contribution in [0.3, 0.4) is 0 Å². The SMILES string of the molecule is Cc1ccc(N(c2ccc(C)cc2)c2ccc3c(c2)C(C)(C)c2cc(C=Cc4ccc5c(c4)C4(c6ccccc6-c6ccccc64)c4cc(C=Cc6ccc7c(c6)C(C)(C)c6cc(N(c8ccc(C)cc8)c8ccc(C)cc8)ccc6-7)ccc4-5)ccc2-3)cc1. The summed E-state index contributed by atoms with van der Waals surface area (Å²) in [6.07, 6.45) is 9.29. The predicted molar refractivity (Wildman–Crippen MR) is 377 cm³/mol. The van der Waals surface area contributed by atoms with Crippen LogP contribution in [0.2, 0.25) is 0 Å². The molecule has 0 N–H and O–H groups in total. The van der Waals surface area contributed by atoms with Crippen molar-refractivity contribution in [3.63, 3.8) is 0 Å². The zero-order valence-corrected chi connectivity index (χ0v) is 52.0. The summed E-state index contributed by atoms with van der Waals surface area (Å²) in [6.45, 7) is 18.2. The van der Waals surface area contributed by atoms with Gasteiger partial charge in [-0.2, -0.15) is 0 Å². The number of hydrogen-bond acceptors (Lipinski definition) is 2. The van der Waals surface area contributed by atoms with Gasteiger partial charge in [-0.25, -0.2) is 0 Å². The summed E-state index contributed by atoms with van der Waals surface area (Å²) in [7, 11) is 0. The minimum atomic E-state index is -0.487. The summed E-state index contributed by atoms with van der Waals surface area (Å²) >= 11 is 0. The molecule has 0 aromatic heterocycles. The summed E-state index contributed by atoms with van der Waals surface area (Å²) in [5, 5.41) is 0. The first-order valence-corrected chi connectivity index (χ1v) is 31.5. The Balaban J connectivity index is 0.717. The third kappa shape index (κ3) is 8.59. The molecular formula is C87H70N2. The van der Waals surface area contributed by atoms with E-state index in [1.54, 1.807) is 0 Å². The van der Waals surface area contributed by atoms with Crippen molar-refractivity contribution < 1.29 is 0 Å². The molecule has 2 heteroatoms. The molecule has 4 aliphatic carbocycles. The largest absolute Gasteiger partial charge is 0.310 e. The maximum atomic E-state index is 2.48. The van der Waals surface area contributed by atoms with Crippen molar-refractivity contribution in [1.82, 2.24) is 0 Å². The van der Waals surface area contributed by atoms with Gasteiger partial charge in [-0.1, -0.05) is 244 Å². The normalized spacial score (nSPS) is 14.5. The second-order valence-electron chi connectivity index (χ2n) is 26.5. The Bertz CT molecular complexity index is 4510. The second-order valence-corrected chi connectivity index (χ2v) is 26.5. The van der Waals surface area contributed by atoms with Crippen LogP contribution in [0.15, 0.2) is 255 Å². The highest BCUT2D eigenvalue weighted by Crippen LogP contribution is 2.63. The fraction of sp³-hybridized carbons (Fsp3) is 0.126. The Morgan fingerprint density at radius 3 is 0.775 bits per heavy atom. The lowest BCUT2D eigenvalue weighted by atomic mass is 9.70. The van der Waals surface area contributed by atoms with Gasteiger partial charge in [0.05, 0.1) is 5.41 Å². The molecule has 0 atom stereocenters. The zero-order valence-electron chi connectivity index (χ0n) is 52.0. The van der Waals surface area contributed by atoms with Crippen molar-refractivity contribution in [3.8, 4) is 44.5 Å². The monoisotopic (exact) mass is 1140 g/mol. The summed E-state index contributed by atoms with van der Waals surface area (Å²) in [4.78, 5) is 4.78. The third-order valence-corrected chi connectivity index (χ3v) is 20.1. The van der Waals surface area contributed by atoms with Crippen LogP contribution in [-0.4, -0.2) is 0 Å². The minimum Gasteiger partial charge on any atom is -0.310 e. The first-order chi connectivity index (χ1) is 43.2. The topological polar surface area (TPSA) is 6.48 Å². The standard InChI is InChI=1S/C87H70N2/c1-55-17-33-63(34-18-55)88(64-35-19-56(2)20-36-64)67-41-47-73-71-43-29-59(49-79(71)85(5,6)81(73)53-67)25-27-61-31-45-75-76-46-32-62(52-84(76)87(83(75)51-61)77-15-11-9-13-69(77)70-14-10-12-16-78(70)87)28-26-60-30-44-72-74-48-42-68(54-82(74)86(7,8)80(72)50-60)89(65-37-21-57(3)22-38-65)66-39-23-58(4)24-40-66/h9-54H,1-8H3. The molecule has 12 aromatic carbocycles. The number of anilines is 6. The highest BCUT2D eigenvalue weighted by atomic mass is 15.1. The molecule has 12 aromatic rings. The zero-order chi connectivity index (χ0) is 60.5. The Morgan fingerprint density at radius 2 is 0.461 bits per heavy atom. The minimum absolute atomic E-state index is 0.205. The van der Waals surface area contributed by atoms with Crippen LogP contribution in [0.4, 0.5) is 34.1 Å². The first-order valence-electron chi connectivity index (χ1n) is 31.5. The van der Waals surface area contributed by atoms with E-state index in [2.05, 4.69) is 344 Å². The van der Waals surface area contributed by atoms with E-state index < -0.39 is 5.41 Å². The number of rotatable bonds is 10. The number of benzene rings is 12. The average molecular weight is 1140 g/mol. The Labute approximate surface area is 525 Å². The van der Waals surface area contributed by atoms with Crippen LogP contribution in [-0.2, 0) is 16.2 Å². The van der Waals surface area contributed by atoms with Crippen LogP contribution >= 0.6 is 0 Å². The second kappa shape index (κ2) is 20.4. The molecule has 2 nitrogen and oxygen atoms in total. The van der Waals surface area contributed by atoms with E-state index in [4.69, 9.17) is 0 Å². The van der Waals surface area contributed by atoms with Crippen molar-refractivity contribution in [1.29, 1.82) is 0 Å². The van der Waals surface area contributed by atoms with Gasteiger partial charge in [0.15, 0.2) is 0 Å². The fourth-order valence-electron chi connectivity index (χ4n) is 15.4. The highest BCUT2D eigenvalue weighted by Gasteiger charge is 2.52. The number of hydrogen-bond donors (Lipinski definition) is 0. The van der Waals surface area contributed by atoms with Gasteiger partial charge < -0.3 is 9.80 Å². The lowest BCUT2D eigenvalue weighted by molar-refractivity contribution is 0.660. The molecular weight excluding hydrogens is 1070 g/mol. The molecule has 0 bridgehead atoms. The van der Waals surface area contributed by atoms with Crippen molar-refractivity contribution in [2.75, 3.05) is 9.80 Å². The van der Waals surface area contributed by atoms with Gasteiger partial charge in [0, 0.05) is 45.0 Å². The molecule has 0 saturated carbocycles. The lowest BCUT2D eigenvalue weighted by Gasteiger charge is -2.30. The van der Waals surface area contributed by atoms with Crippen molar-refractivity contribution >= 4 is 58.4 Å². The third-order valence-electron chi connectivity index (χ3n) is 20.1. The van der Waals surface area contributed by atoms with E-state index in [9.17, 15) is 0 Å². The van der Waals surface area contributed by atoms with E-state index in [1.807, 2.05) is 0 Å². The van der Waals surface area contributed by atoms with Gasteiger partial charge in [-0.05, 0) is 224 Å². The van der Waals surface area contributed by atoms with Crippen LogP contribution in [0.1, 0.15) is 117 Å². The molecule has 89 heavy (non-hydrogen) atoms. The smallest absolute Gasteiger partial charge is 0.0725 e. The van der Waals surface area contributed by atoms with Crippen LogP contribution in [0.5, 0.6) is 0 Å². The van der Waals surface area contributed by atoms with E-state index >= 15 is 0 Å². The van der Waals surface area contributed by atoms with Gasteiger partial charge >= 0.3 is 0 Å². The average Bonchev–Trinajstić information content (AvgIpc) is 1.52. The van der Waals surface area contributed by atoms with E-state index in [0.717, 1.165) is 34.1 Å². The highest BCUT2D eigenvalue weighted by molar-refractivity contribution is 5.97. The Hall–Kier alpha value is -10.3. The van der Waals surface area contributed by atoms with Crippen LogP contribution in [0.25, 0.3) is 68.8 Å².